The molecule has 4 aromatic rings. The molecule has 2 saturated heterocycles. The molecule has 2 aliphatic heterocycles. The number of nitrogens with two attached hydrogens (primary N) is 2. The van der Waals surface area contributed by atoms with Crippen LogP contribution in [0.4, 0.5) is 11.8 Å². The predicted octanol–water partition coefficient (Wildman–Crippen LogP) is -3.50. The van der Waals surface area contributed by atoms with Crippen molar-refractivity contribution in [2.75, 3.05) is 24.9 Å². The average molecular weight is 613 g/mol. The van der Waals surface area contributed by atoms with Gasteiger partial charge < -0.3 is 50.6 Å². The standard InChI is InChI=1S/C19H24N11O11P/c1-37-17-9(33)10(16(40-17)30-13-6(27-28-30)14(34)26-19(21)25-13)41-42(35,36)4-38-18-8(32)7(31)15(39-18)29-3-24-5-11(20)22-2-23-12(5)29/h2-3,7-10,15-18,31-33H,4H2,1H3,(H,35,36)(H2,20,22,23)(H3,21,25,26,34)/t7?,8?,9?,10?,15-,16-,17+,18+/m1/s1. The first-order chi connectivity index (χ1) is 20.0. The Hall–Kier alpha value is -3.70. The Morgan fingerprint density at radius 1 is 1.05 bits per heavy atom. The van der Waals surface area contributed by atoms with E-state index < -0.39 is 69.0 Å². The second-order valence-electron chi connectivity index (χ2n) is 9.24. The highest BCUT2D eigenvalue weighted by Crippen LogP contribution is 2.49. The van der Waals surface area contributed by atoms with E-state index in [1.807, 2.05) is 0 Å². The molecule has 0 spiro atoms. The molecule has 23 heteroatoms. The lowest BCUT2D eigenvalue weighted by atomic mass is 10.2. The fourth-order valence-electron chi connectivity index (χ4n) is 4.59. The molecular weight excluding hydrogens is 589 g/mol. The summed E-state index contributed by atoms with van der Waals surface area (Å²) in [5, 5.41) is 39.3. The molecule has 9 N–H and O–H groups in total. The molecule has 0 radical (unpaired) electrons. The van der Waals surface area contributed by atoms with Gasteiger partial charge in [-0.3, -0.25) is 23.4 Å². The Kier molecular flexibility index (Phi) is 7.13. The van der Waals surface area contributed by atoms with Crippen LogP contribution >= 0.6 is 7.60 Å². The number of nitrogens with one attached hydrogen (secondary N) is 1. The Balaban J connectivity index is 1.19. The minimum Gasteiger partial charge on any atom is -0.385 e. The smallest absolute Gasteiger partial charge is 0.354 e. The topological polar surface area (TPSA) is 316 Å². The Labute approximate surface area is 232 Å². The molecule has 2 aliphatic rings. The van der Waals surface area contributed by atoms with Crippen LogP contribution in [0.15, 0.2) is 17.4 Å². The third kappa shape index (κ3) is 4.78. The minimum absolute atomic E-state index is 0.0787. The van der Waals surface area contributed by atoms with E-state index in [2.05, 4.69) is 35.2 Å². The first-order valence-electron chi connectivity index (χ1n) is 12.0. The molecule has 4 aromatic heterocycles. The second kappa shape index (κ2) is 10.5. The molecule has 0 saturated carbocycles. The van der Waals surface area contributed by atoms with E-state index in [1.165, 1.54) is 24.3 Å². The van der Waals surface area contributed by atoms with Crippen LogP contribution in [0.5, 0.6) is 0 Å². The quantitative estimate of drug-likeness (QED) is 0.0948. The summed E-state index contributed by atoms with van der Waals surface area (Å²) in [6.07, 6.45) is -10.8. The Morgan fingerprint density at radius 2 is 1.81 bits per heavy atom. The summed E-state index contributed by atoms with van der Waals surface area (Å²) in [6.45, 7) is 0. The van der Waals surface area contributed by atoms with Gasteiger partial charge in [-0.25, -0.2) is 15.0 Å². The van der Waals surface area contributed by atoms with Crippen molar-refractivity contribution in [2.24, 2.45) is 0 Å². The van der Waals surface area contributed by atoms with Crippen LogP contribution < -0.4 is 17.0 Å². The van der Waals surface area contributed by atoms with Crippen LogP contribution in [0.2, 0.25) is 0 Å². The zero-order chi connectivity index (χ0) is 29.9. The summed E-state index contributed by atoms with van der Waals surface area (Å²) in [5.41, 5.74) is 10.7. The van der Waals surface area contributed by atoms with E-state index in [1.54, 1.807) is 0 Å². The van der Waals surface area contributed by atoms with Crippen molar-refractivity contribution in [1.82, 2.24) is 44.5 Å². The Bertz CT molecular complexity index is 1730. The fourth-order valence-corrected chi connectivity index (χ4v) is 5.60. The molecule has 0 aliphatic carbocycles. The largest absolute Gasteiger partial charge is 0.385 e. The van der Waals surface area contributed by atoms with Gasteiger partial charge in [-0.05, 0) is 0 Å². The summed E-state index contributed by atoms with van der Waals surface area (Å²) in [6, 6.07) is 0. The van der Waals surface area contributed by atoms with Gasteiger partial charge in [0.25, 0.3) is 5.56 Å². The van der Waals surface area contributed by atoms with Gasteiger partial charge in [-0.2, -0.15) is 9.67 Å². The highest BCUT2D eigenvalue weighted by atomic mass is 31.2. The van der Waals surface area contributed by atoms with E-state index in [4.69, 9.17) is 34.9 Å². The monoisotopic (exact) mass is 613 g/mol. The summed E-state index contributed by atoms with van der Waals surface area (Å²) >= 11 is 0. The molecule has 0 bridgehead atoms. The summed E-state index contributed by atoms with van der Waals surface area (Å²) in [7, 11) is -3.57. The van der Waals surface area contributed by atoms with Gasteiger partial charge in [-0.15, -0.1) is 5.10 Å². The van der Waals surface area contributed by atoms with Gasteiger partial charge >= 0.3 is 7.60 Å². The van der Waals surface area contributed by atoms with Gasteiger partial charge in [0.1, 0.15) is 36.3 Å². The van der Waals surface area contributed by atoms with Crippen molar-refractivity contribution in [3.05, 3.63) is 23.0 Å². The molecule has 0 amide bonds. The predicted molar refractivity (Wildman–Crippen MR) is 134 cm³/mol. The highest BCUT2D eigenvalue weighted by Gasteiger charge is 2.51. The number of fused-ring (bicyclic) bond motifs is 2. The van der Waals surface area contributed by atoms with Crippen LogP contribution in [-0.2, 0) is 28.0 Å². The number of ether oxygens (including phenoxy) is 4. The van der Waals surface area contributed by atoms with Crippen molar-refractivity contribution >= 4 is 41.7 Å². The fraction of sp³-hybridized carbons (Fsp3) is 0.526. The Morgan fingerprint density at radius 3 is 2.57 bits per heavy atom. The maximum absolute atomic E-state index is 13.1. The van der Waals surface area contributed by atoms with Gasteiger partial charge in [-0.1, -0.05) is 5.21 Å². The summed E-state index contributed by atoms with van der Waals surface area (Å²) in [4.78, 5) is 40.9. The first-order valence-corrected chi connectivity index (χ1v) is 13.8. The molecule has 42 heavy (non-hydrogen) atoms. The van der Waals surface area contributed by atoms with Crippen LogP contribution in [0.25, 0.3) is 22.3 Å². The van der Waals surface area contributed by atoms with E-state index in [-0.39, 0.29) is 34.1 Å². The lowest BCUT2D eigenvalue weighted by Crippen LogP contribution is -2.35. The van der Waals surface area contributed by atoms with Gasteiger partial charge in [0.15, 0.2) is 54.0 Å². The van der Waals surface area contributed by atoms with Gasteiger partial charge in [0, 0.05) is 7.11 Å². The third-order valence-corrected chi connectivity index (χ3v) is 7.59. The zero-order valence-corrected chi connectivity index (χ0v) is 22.2. The number of hydrogen-bond donors (Lipinski definition) is 7. The highest BCUT2D eigenvalue weighted by molar-refractivity contribution is 7.52. The average Bonchev–Trinajstić information content (AvgIpc) is 3.69. The number of anilines is 2. The molecule has 6 heterocycles. The number of methoxy groups -OCH3 is 1. The normalized spacial score (nSPS) is 31.3. The maximum atomic E-state index is 13.1. The number of H-pyrrole nitrogens is 1. The van der Waals surface area contributed by atoms with Gasteiger partial charge in [0.05, 0.1) is 6.33 Å². The van der Waals surface area contributed by atoms with Crippen molar-refractivity contribution in [1.29, 1.82) is 0 Å². The second-order valence-corrected chi connectivity index (χ2v) is 11.0. The minimum atomic E-state index is -4.78. The maximum Gasteiger partial charge on any atom is 0.354 e. The van der Waals surface area contributed by atoms with Crippen molar-refractivity contribution < 1.29 is 48.2 Å². The van der Waals surface area contributed by atoms with Crippen molar-refractivity contribution in [3.63, 3.8) is 0 Å². The van der Waals surface area contributed by atoms with Crippen LogP contribution in [0.1, 0.15) is 12.5 Å². The molecule has 0 aromatic carbocycles. The number of aromatic nitrogens is 9. The molecular formula is C19H24N11O11P. The SMILES string of the molecule is CO[C@H]1O[C@@H](n2nnc3c(=O)[nH]c(N)nc32)C(OP(=O)(O)CO[C@H]2O[C@@H](n3cnc4c(N)ncnc43)C(O)C2O)C1O. The van der Waals surface area contributed by atoms with Crippen molar-refractivity contribution in [2.45, 2.75) is 49.5 Å². The summed E-state index contributed by atoms with van der Waals surface area (Å²) < 4.78 is 42.2. The summed E-state index contributed by atoms with van der Waals surface area (Å²) in [5.74, 6) is -0.193. The van der Waals surface area contributed by atoms with E-state index in [9.17, 15) is 29.6 Å². The van der Waals surface area contributed by atoms with Crippen LogP contribution in [0, 0.1) is 0 Å². The molecule has 226 valence electrons. The number of aliphatic hydroxyl groups is 3. The van der Waals surface area contributed by atoms with E-state index in [0.29, 0.717) is 0 Å². The molecule has 9 atom stereocenters. The number of nitrogen functional groups attached to an aromatic ring is 2. The third-order valence-electron chi connectivity index (χ3n) is 6.54. The molecule has 5 unspecified atom stereocenters. The number of imidazole rings is 1. The lowest BCUT2D eigenvalue weighted by molar-refractivity contribution is -0.168. The van der Waals surface area contributed by atoms with E-state index >= 15 is 0 Å². The van der Waals surface area contributed by atoms with Crippen LogP contribution in [-0.4, -0.2) is 115 Å². The van der Waals surface area contributed by atoms with E-state index in [0.717, 1.165) is 4.68 Å². The number of nitrogens with zero attached hydrogens (tertiary/aromatic N) is 8. The van der Waals surface area contributed by atoms with Crippen molar-refractivity contribution in [3.8, 4) is 0 Å². The number of hydrogen-bond acceptors (Lipinski definition) is 18. The van der Waals surface area contributed by atoms with Gasteiger partial charge in [0.2, 0.25) is 5.95 Å². The molecule has 2 fully saturated rings. The zero-order valence-electron chi connectivity index (χ0n) is 21.3. The number of aliphatic hydroxyl groups excluding tert-OH is 3. The first kappa shape index (κ1) is 28.4. The van der Waals surface area contributed by atoms with Crippen LogP contribution in [0.3, 0.4) is 0 Å². The number of rotatable bonds is 8. The number of aromatic amines is 1. The lowest BCUT2D eigenvalue weighted by Gasteiger charge is -2.24. The molecule has 22 nitrogen and oxygen atoms in total. The molecule has 6 rings (SSSR count).